The van der Waals surface area contributed by atoms with E-state index >= 15 is 0 Å². The van der Waals surface area contributed by atoms with E-state index in [0.29, 0.717) is 17.1 Å². The molecule has 122 valence electrons. The van der Waals surface area contributed by atoms with Crippen LogP contribution in [-0.4, -0.2) is 24.7 Å². The highest BCUT2D eigenvalue weighted by Gasteiger charge is 2.33. The van der Waals surface area contributed by atoms with Crippen LogP contribution >= 0.6 is 0 Å². The smallest absolute Gasteiger partial charge is 0.265 e. The molecule has 4 nitrogen and oxygen atoms in total. The highest BCUT2D eigenvalue weighted by atomic mass is 19.1. The average Bonchev–Trinajstić information content (AvgIpc) is 2.59. The van der Waals surface area contributed by atoms with Gasteiger partial charge in [0.15, 0.2) is 11.5 Å². The molecule has 0 aromatic heterocycles. The van der Waals surface area contributed by atoms with E-state index in [1.165, 1.54) is 12.1 Å². The van der Waals surface area contributed by atoms with Crippen LogP contribution in [0.15, 0.2) is 48.5 Å². The standard InChI is InChI=1S/C19H16FNO3/c1-13-18(24-17-7-3-2-6-16(17)23-13)19(22)21-12-4-5-14-8-10-15(20)11-9-14/h2-3,6-11,13,18H,12H2,1H3,(H,21,22). The Hall–Kier alpha value is -3.00. The number of halogens is 1. The third kappa shape index (κ3) is 3.66. The van der Waals surface area contributed by atoms with Crippen LogP contribution in [-0.2, 0) is 4.79 Å². The van der Waals surface area contributed by atoms with Crippen LogP contribution in [0.1, 0.15) is 12.5 Å². The minimum atomic E-state index is -0.729. The summed E-state index contributed by atoms with van der Waals surface area (Å²) in [4.78, 5) is 12.2. The molecule has 1 N–H and O–H groups in total. The van der Waals surface area contributed by atoms with Crippen molar-refractivity contribution in [1.82, 2.24) is 5.32 Å². The topological polar surface area (TPSA) is 47.6 Å². The lowest BCUT2D eigenvalue weighted by Crippen LogP contribution is -2.49. The maximum Gasteiger partial charge on any atom is 0.265 e. The van der Waals surface area contributed by atoms with E-state index in [0.717, 1.165) is 0 Å². The lowest BCUT2D eigenvalue weighted by Gasteiger charge is -2.30. The Morgan fingerprint density at radius 2 is 1.79 bits per heavy atom. The minimum absolute atomic E-state index is 0.171. The largest absolute Gasteiger partial charge is 0.482 e. The molecule has 0 saturated heterocycles. The van der Waals surface area contributed by atoms with Crippen molar-refractivity contribution >= 4 is 5.91 Å². The number of nitrogens with one attached hydrogen (secondary N) is 1. The summed E-state index contributed by atoms with van der Waals surface area (Å²) < 4.78 is 24.2. The lowest BCUT2D eigenvalue weighted by molar-refractivity contribution is -0.133. The van der Waals surface area contributed by atoms with Crippen LogP contribution in [0.25, 0.3) is 0 Å². The maximum absolute atomic E-state index is 12.8. The van der Waals surface area contributed by atoms with E-state index in [1.807, 2.05) is 12.1 Å². The molecule has 2 atom stereocenters. The third-order valence-electron chi connectivity index (χ3n) is 3.53. The van der Waals surface area contributed by atoms with Gasteiger partial charge in [-0.15, -0.1) is 0 Å². The summed E-state index contributed by atoms with van der Waals surface area (Å²) in [7, 11) is 0. The highest BCUT2D eigenvalue weighted by molar-refractivity contribution is 5.82. The van der Waals surface area contributed by atoms with Gasteiger partial charge in [-0.3, -0.25) is 4.79 Å². The summed E-state index contributed by atoms with van der Waals surface area (Å²) in [6, 6.07) is 13.1. The summed E-state index contributed by atoms with van der Waals surface area (Å²) in [6.07, 6.45) is -1.13. The van der Waals surface area contributed by atoms with Crippen molar-refractivity contribution in [1.29, 1.82) is 0 Å². The van der Waals surface area contributed by atoms with Crippen molar-refractivity contribution in [3.05, 3.63) is 59.9 Å². The number of hydrogen-bond acceptors (Lipinski definition) is 3. The summed E-state index contributed by atoms with van der Waals surface area (Å²) in [5.74, 6) is 6.26. The maximum atomic E-state index is 12.8. The van der Waals surface area contributed by atoms with Crippen molar-refractivity contribution < 1.29 is 18.7 Å². The molecule has 1 aliphatic rings. The molecule has 0 bridgehead atoms. The van der Waals surface area contributed by atoms with Crippen LogP contribution < -0.4 is 14.8 Å². The van der Waals surface area contributed by atoms with Crippen LogP contribution in [0.4, 0.5) is 4.39 Å². The van der Waals surface area contributed by atoms with Gasteiger partial charge in [0.25, 0.3) is 5.91 Å². The SMILES string of the molecule is CC1Oc2ccccc2OC1C(=O)NCC#Cc1ccc(F)cc1. The van der Waals surface area contributed by atoms with E-state index in [9.17, 15) is 9.18 Å². The molecular weight excluding hydrogens is 309 g/mol. The third-order valence-corrected chi connectivity index (χ3v) is 3.53. The zero-order valence-electron chi connectivity index (χ0n) is 13.1. The van der Waals surface area contributed by atoms with E-state index in [-0.39, 0.29) is 18.3 Å². The second kappa shape index (κ2) is 7.05. The van der Waals surface area contributed by atoms with Gasteiger partial charge in [0, 0.05) is 5.56 Å². The minimum Gasteiger partial charge on any atom is -0.482 e. The molecule has 0 aliphatic carbocycles. The van der Waals surface area contributed by atoms with Crippen molar-refractivity contribution in [3.8, 4) is 23.3 Å². The second-order valence-electron chi connectivity index (χ2n) is 5.33. The van der Waals surface area contributed by atoms with Gasteiger partial charge in [0.1, 0.15) is 11.9 Å². The first kappa shape index (κ1) is 15.9. The van der Waals surface area contributed by atoms with Crippen molar-refractivity contribution in [2.24, 2.45) is 0 Å². The Morgan fingerprint density at radius 1 is 1.12 bits per heavy atom. The number of ether oxygens (including phenoxy) is 2. The van der Waals surface area contributed by atoms with Gasteiger partial charge in [-0.2, -0.15) is 0 Å². The van der Waals surface area contributed by atoms with Gasteiger partial charge >= 0.3 is 0 Å². The van der Waals surface area contributed by atoms with Crippen molar-refractivity contribution in [2.75, 3.05) is 6.54 Å². The van der Waals surface area contributed by atoms with Crippen molar-refractivity contribution in [3.63, 3.8) is 0 Å². The molecule has 0 saturated carbocycles. The number of rotatable bonds is 2. The first-order valence-corrected chi connectivity index (χ1v) is 7.58. The highest BCUT2D eigenvalue weighted by Crippen LogP contribution is 2.33. The molecule has 1 amide bonds. The molecule has 2 aromatic carbocycles. The number of carbonyl (C=O) groups excluding carboxylic acids is 1. The molecule has 0 fully saturated rings. The Bertz CT molecular complexity index is 792. The summed E-state index contributed by atoms with van der Waals surface area (Å²) >= 11 is 0. The Balaban J connectivity index is 1.57. The van der Waals surface area contributed by atoms with Gasteiger partial charge in [-0.25, -0.2) is 4.39 Å². The van der Waals surface area contributed by atoms with Gasteiger partial charge in [-0.05, 0) is 43.3 Å². The quantitative estimate of drug-likeness (QED) is 0.863. The molecule has 2 unspecified atom stereocenters. The van der Waals surface area contributed by atoms with Gasteiger partial charge in [0.05, 0.1) is 6.54 Å². The molecule has 1 aliphatic heterocycles. The number of amides is 1. The fourth-order valence-corrected chi connectivity index (χ4v) is 2.32. The second-order valence-corrected chi connectivity index (χ2v) is 5.33. The van der Waals surface area contributed by atoms with Gasteiger partial charge in [0.2, 0.25) is 6.10 Å². The Morgan fingerprint density at radius 3 is 2.50 bits per heavy atom. The predicted molar refractivity (Wildman–Crippen MR) is 87.2 cm³/mol. The molecular formula is C19H16FNO3. The lowest BCUT2D eigenvalue weighted by atomic mass is 10.1. The molecule has 24 heavy (non-hydrogen) atoms. The summed E-state index contributed by atoms with van der Waals surface area (Å²) in [5.41, 5.74) is 0.685. The fourth-order valence-electron chi connectivity index (χ4n) is 2.32. The molecule has 0 spiro atoms. The first-order valence-electron chi connectivity index (χ1n) is 7.58. The predicted octanol–water partition coefficient (Wildman–Crippen LogP) is 2.52. The molecule has 3 rings (SSSR count). The number of hydrogen-bond donors (Lipinski definition) is 1. The molecule has 2 aromatic rings. The van der Waals surface area contributed by atoms with E-state index in [2.05, 4.69) is 17.2 Å². The van der Waals surface area contributed by atoms with Crippen LogP contribution in [0.3, 0.4) is 0 Å². The molecule has 5 heteroatoms. The Kier molecular flexibility index (Phi) is 4.66. The number of fused-ring (bicyclic) bond motifs is 1. The number of para-hydroxylation sites is 2. The Labute approximate surface area is 139 Å². The van der Waals surface area contributed by atoms with Crippen molar-refractivity contribution in [2.45, 2.75) is 19.1 Å². The fraction of sp³-hybridized carbons (Fsp3) is 0.211. The monoisotopic (exact) mass is 325 g/mol. The zero-order chi connectivity index (χ0) is 16.9. The van der Waals surface area contributed by atoms with Gasteiger partial charge < -0.3 is 14.8 Å². The van der Waals surface area contributed by atoms with E-state index < -0.39 is 12.2 Å². The van der Waals surface area contributed by atoms with Crippen LogP contribution in [0.5, 0.6) is 11.5 Å². The van der Waals surface area contributed by atoms with E-state index in [4.69, 9.17) is 9.47 Å². The van der Waals surface area contributed by atoms with Gasteiger partial charge in [-0.1, -0.05) is 24.0 Å². The van der Waals surface area contributed by atoms with Crippen LogP contribution in [0.2, 0.25) is 0 Å². The first-order chi connectivity index (χ1) is 11.6. The summed E-state index contributed by atoms with van der Waals surface area (Å²) in [6.45, 7) is 1.95. The van der Waals surface area contributed by atoms with E-state index in [1.54, 1.807) is 31.2 Å². The average molecular weight is 325 g/mol. The number of carbonyl (C=O) groups is 1. The molecule has 0 radical (unpaired) electrons. The molecule has 1 heterocycles. The number of benzene rings is 2. The summed E-state index contributed by atoms with van der Waals surface area (Å²) in [5, 5.41) is 2.70. The van der Waals surface area contributed by atoms with Crippen LogP contribution in [0, 0.1) is 17.7 Å². The zero-order valence-corrected chi connectivity index (χ0v) is 13.1. The normalized spacial score (nSPS) is 18.2.